The molecule has 0 spiro atoms. The van der Waals surface area contributed by atoms with Crippen molar-refractivity contribution in [1.82, 2.24) is 4.98 Å². The molecule has 2 rings (SSSR count). The van der Waals surface area contributed by atoms with Crippen molar-refractivity contribution >= 4 is 5.82 Å². The molecule has 1 heterocycles. The summed E-state index contributed by atoms with van der Waals surface area (Å²) in [5, 5.41) is 3.03. The average molecular weight is 192 g/mol. The van der Waals surface area contributed by atoms with Gasteiger partial charge in [0, 0.05) is 7.05 Å². The number of ether oxygens (including phenoxy) is 1. The zero-order valence-electron chi connectivity index (χ0n) is 8.71. The molecule has 14 heavy (non-hydrogen) atoms. The third-order valence-electron chi connectivity index (χ3n) is 2.40. The summed E-state index contributed by atoms with van der Waals surface area (Å²) < 4.78 is 5.76. The molecular formula is C11H16N2O. The molecule has 1 aliphatic carbocycles. The Morgan fingerprint density at radius 2 is 2.36 bits per heavy atom. The largest absolute Gasteiger partial charge is 0.489 e. The molecule has 1 aromatic heterocycles. The first kappa shape index (κ1) is 9.31. The third-order valence-corrected chi connectivity index (χ3v) is 2.40. The Kier molecular flexibility index (Phi) is 2.57. The Morgan fingerprint density at radius 3 is 2.93 bits per heavy atom. The van der Waals surface area contributed by atoms with Gasteiger partial charge in [0.1, 0.15) is 11.6 Å². The van der Waals surface area contributed by atoms with Crippen LogP contribution in [0.15, 0.2) is 12.3 Å². The summed E-state index contributed by atoms with van der Waals surface area (Å²) in [4.78, 5) is 4.25. The van der Waals surface area contributed by atoms with Crippen molar-refractivity contribution in [2.75, 3.05) is 12.4 Å². The Balaban J connectivity index is 2.19. The van der Waals surface area contributed by atoms with Gasteiger partial charge in [-0.15, -0.1) is 0 Å². The molecule has 0 bridgehead atoms. The molecule has 1 aliphatic rings. The standard InChI is InChI=1S/C11H16N2O/c1-3-8-6-11(12-2)13-7-10(8)14-9-4-5-9/h6-7,9H,3-5H2,1-2H3,(H,12,13). The van der Waals surface area contributed by atoms with Crippen LogP contribution in [0.2, 0.25) is 0 Å². The Bertz CT molecular complexity index is 321. The highest BCUT2D eigenvalue weighted by Crippen LogP contribution is 2.29. The molecule has 3 heteroatoms. The lowest BCUT2D eigenvalue weighted by Gasteiger charge is -2.10. The van der Waals surface area contributed by atoms with E-state index in [0.717, 1.165) is 18.0 Å². The maximum absolute atomic E-state index is 5.76. The highest BCUT2D eigenvalue weighted by atomic mass is 16.5. The predicted octanol–water partition coefficient (Wildman–Crippen LogP) is 2.23. The quantitative estimate of drug-likeness (QED) is 0.794. The van der Waals surface area contributed by atoms with Crippen LogP contribution >= 0.6 is 0 Å². The number of pyridine rings is 1. The lowest BCUT2D eigenvalue weighted by molar-refractivity contribution is 0.299. The fourth-order valence-electron chi connectivity index (χ4n) is 1.37. The highest BCUT2D eigenvalue weighted by Gasteiger charge is 2.24. The number of hydrogen-bond acceptors (Lipinski definition) is 3. The van der Waals surface area contributed by atoms with E-state index in [1.807, 2.05) is 13.2 Å². The number of aromatic nitrogens is 1. The van der Waals surface area contributed by atoms with Crippen LogP contribution in [0.5, 0.6) is 5.75 Å². The normalized spacial score (nSPS) is 15.3. The van der Waals surface area contributed by atoms with Gasteiger partial charge in [0.25, 0.3) is 0 Å². The predicted molar refractivity (Wildman–Crippen MR) is 56.8 cm³/mol. The zero-order valence-corrected chi connectivity index (χ0v) is 8.71. The summed E-state index contributed by atoms with van der Waals surface area (Å²) in [6.45, 7) is 2.13. The molecule has 0 radical (unpaired) electrons. The first-order chi connectivity index (χ1) is 6.83. The van der Waals surface area contributed by atoms with Crippen LogP contribution in [-0.2, 0) is 6.42 Å². The summed E-state index contributed by atoms with van der Waals surface area (Å²) in [5.74, 6) is 1.86. The van der Waals surface area contributed by atoms with Crippen molar-refractivity contribution in [1.29, 1.82) is 0 Å². The highest BCUT2D eigenvalue weighted by molar-refractivity contribution is 5.43. The Labute approximate surface area is 84.5 Å². The molecule has 0 unspecified atom stereocenters. The molecule has 0 amide bonds. The van der Waals surface area contributed by atoms with Crippen LogP contribution < -0.4 is 10.1 Å². The average Bonchev–Trinajstić information content (AvgIpc) is 3.02. The fraction of sp³-hybridized carbons (Fsp3) is 0.545. The number of anilines is 1. The number of hydrogen-bond donors (Lipinski definition) is 1. The van der Waals surface area contributed by atoms with E-state index in [-0.39, 0.29) is 0 Å². The molecule has 1 aromatic rings. The fourth-order valence-corrected chi connectivity index (χ4v) is 1.37. The summed E-state index contributed by atoms with van der Waals surface area (Å²) in [6, 6.07) is 2.05. The van der Waals surface area contributed by atoms with Crippen molar-refractivity contribution < 1.29 is 4.74 Å². The van der Waals surface area contributed by atoms with Crippen LogP contribution in [0.25, 0.3) is 0 Å². The number of nitrogens with one attached hydrogen (secondary N) is 1. The van der Waals surface area contributed by atoms with Gasteiger partial charge >= 0.3 is 0 Å². The molecule has 0 atom stereocenters. The van der Waals surface area contributed by atoms with E-state index in [2.05, 4.69) is 23.3 Å². The molecule has 1 N–H and O–H groups in total. The minimum absolute atomic E-state index is 0.447. The van der Waals surface area contributed by atoms with Crippen LogP contribution in [-0.4, -0.2) is 18.1 Å². The van der Waals surface area contributed by atoms with E-state index in [9.17, 15) is 0 Å². The van der Waals surface area contributed by atoms with Crippen molar-refractivity contribution in [3.05, 3.63) is 17.8 Å². The molecule has 3 nitrogen and oxygen atoms in total. The maximum Gasteiger partial charge on any atom is 0.141 e. The minimum Gasteiger partial charge on any atom is -0.489 e. The second kappa shape index (κ2) is 3.86. The van der Waals surface area contributed by atoms with Crippen LogP contribution in [0.1, 0.15) is 25.3 Å². The summed E-state index contributed by atoms with van der Waals surface area (Å²) in [7, 11) is 1.88. The van der Waals surface area contributed by atoms with Crippen molar-refractivity contribution in [2.45, 2.75) is 32.3 Å². The van der Waals surface area contributed by atoms with E-state index in [0.29, 0.717) is 6.10 Å². The number of aryl methyl sites for hydroxylation is 1. The monoisotopic (exact) mass is 192 g/mol. The van der Waals surface area contributed by atoms with Gasteiger partial charge in [-0.3, -0.25) is 0 Å². The lowest BCUT2D eigenvalue weighted by Crippen LogP contribution is -2.01. The molecule has 0 saturated heterocycles. The number of nitrogens with zero attached hydrogens (tertiary/aromatic N) is 1. The summed E-state index contributed by atoms with van der Waals surface area (Å²) in [6.07, 6.45) is 5.64. The van der Waals surface area contributed by atoms with Crippen molar-refractivity contribution in [3.8, 4) is 5.75 Å². The summed E-state index contributed by atoms with van der Waals surface area (Å²) in [5.41, 5.74) is 1.23. The molecule has 1 fully saturated rings. The van der Waals surface area contributed by atoms with Gasteiger partial charge in [-0.1, -0.05) is 6.92 Å². The zero-order chi connectivity index (χ0) is 9.97. The van der Waals surface area contributed by atoms with E-state index in [4.69, 9.17) is 4.74 Å². The smallest absolute Gasteiger partial charge is 0.141 e. The summed E-state index contributed by atoms with van der Waals surface area (Å²) >= 11 is 0. The second-order valence-electron chi connectivity index (χ2n) is 3.60. The Hall–Kier alpha value is -1.25. The van der Waals surface area contributed by atoms with Gasteiger partial charge in [-0.2, -0.15) is 0 Å². The lowest BCUT2D eigenvalue weighted by atomic mass is 10.2. The maximum atomic E-state index is 5.76. The molecule has 76 valence electrons. The van der Waals surface area contributed by atoms with Gasteiger partial charge in [-0.05, 0) is 30.9 Å². The van der Waals surface area contributed by atoms with Gasteiger partial charge in [0.05, 0.1) is 12.3 Å². The minimum atomic E-state index is 0.447. The third kappa shape index (κ3) is 1.97. The van der Waals surface area contributed by atoms with Gasteiger partial charge in [-0.25, -0.2) is 4.98 Å². The topological polar surface area (TPSA) is 34.2 Å². The first-order valence-corrected chi connectivity index (χ1v) is 5.16. The van der Waals surface area contributed by atoms with E-state index in [1.165, 1.54) is 18.4 Å². The first-order valence-electron chi connectivity index (χ1n) is 5.16. The Morgan fingerprint density at radius 1 is 1.57 bits per heavy atom. The molecular weight excluding hydrogens is 176 g/mol. The van der Waals surface area contributed by atoms with Gasteiger partial charge < -0.3 is 10.1 Å². The van der Waals surface area contributed by atoms with E-state index in [1.54, 1.807) is 0 Å². The molecule has 0 aromatic carbocycles. The number of rotatable bonds is 4. The van der Waals surface area contributed by atoms with E-state index < -0.39 is 0 Å². The SMILES string of the molecule is CCc1cc(NC)ncc1OC1CC1. The van der Waals surface area contributed by atoms with Crippen LogP contribution in [0.3, 0.4) is 0 Å². The molecule has 1 saturated carbocycles. The van der Waals surface area contributed by atoms with Crippen molar-refractivity contribution in [2.24, 2.45) is 0 Å². The van der Waals surface area contributed by atoms with Gasteiger partial charge in [0.2, 0.25) is 0 Å². The van der Waals surface area contributed by atoms with Crippen LogP contribution in [0.4, 0.5) is 5.82 Å². The van der Waals surface area contributed by atoms with Gasteiger partial charge in [0.15, 0.2) is 0 Å². The second-order valence-corrected chi connectivity index (χ2v) is 3.60. The van der Waals surface area contributed by atoms with Crippen LogP contribution in [0, 0.1) is 0 Å². The molecule has 0 aliphatic heterocycles. The van der Waals surface area contributed by atoms with E-state index >= 15 is 0 Å². The van der Waals surface area contributed by atoms with Crippen molar-refractivity contribution in [3.63, 3.8) is 0 Å².